The number of rotatable bonds is 2. The average molecular weight is 387 g/mol. The molecule has 4 rings (SSSR count). The fourth-order valence-electron chi connectivity index (χ4n) is 4.40. The SMILES string of the molecule is Cc1ccnc(N2CCCC3(CCCN(C(=O)c4ncc(F)cc4F)C3)C2)n1. The van der Waals surface area contributed by atoms with Gasteiger partial charge in [0, 0.05) is 49.6 Å². The highest BCUT2D eigenvalue weighted by molar-refractivity contribution is 5.92. The van der Waals surface area contributed by atoms with E-state index < -0.39 is 17.5 Å². The van der Waals surface area contributed by atoms with Crippen molar-refractivity contribution in [1.82, 2.24) is 19.9 Å². The van der Waals surface area contributed by atoms with E-state index >= 15 is 0 Å². The number of nitrogens with zero attached hydrogens (tertiary/aromatic N) is 5. The lowest BCUT2D eigenvalue weighted by Gasteiger charge is -2.48. The molecule has 1 amide bonds. The molecule has 0 radical (unpaired) electrons. The number of pyridine rings is 1. The van der Waals surface area contributed by atoms with Crippen molar-refractivity contribution in [2.45, 2.75) is 32.6 Å². The Labute approximate surface area is 162 Å². The van der Waals surface area contributed by atoms with Gasteiger partial charge < -0.3 is 9.80 Å². The number of likely N-dealkylation sites (tertiary alicyclic amines) is 1. The van der Waals surface area contributed by atoms with Crippen molar-refractivity contribution in [2.75, 3.05) is 31.1 Å². The van der Waals surface area contributed by atoms with Crippen molar-refractivity contribution in [1.29, 1.82) is 0 Å². The molecule has 1 unspecified atom stereocenters. The molecule has 2 aromatic heterocycles. The van der Waals surface area contributed by atoms with Crippen LogP contribution in [0.1, 0.15) is 41.9 Å². The molecule has 2 aromatic rings. The Bertz CT molecular complexity index is 889. The van der Waals surface area contributed by atoms with E-state index in [1.54, 1.807) is 11.1 Å². The molecule has 1 atom stereocenters. The van der Waals surface area contributed by atoms with Gasteiger partial charge in [-0.2, -0.15) is 0 Å². The number of hydrogen-bond acceptors (Lipinski definition) is 5. The molecule has 0 aromatic carbocycles. The maximum absolute atomic E-state index is 14.0. The van der Waals surface area contributed by atoms with Crippen molar-refractivity contribution in [3.05, 3.63) is 47.5 Å². The summed E-state index contributed by atoms with van der Waals surface area (Å²) in [6, 6.07) is 2.58. The van der Waals surface area contributed by atoms with E-state index in [-0.39, 0.29) is 11.1 Å². The maximum Gasteiger partial charge on any atom is 0.275 e. The van der Waals surface area contributed by atoms with Crippen LogP contribution in [0.3, 0.4) is 0 Å². The summed E-state index contributed by atoms with van der Waals surface area (Å²) in [6.45, 7) is 4.68. The van der Waals surface area contributed by atoms with Crippen molar-refractivity contribution < 1.29 is 13.6 Å². The van der Waals surface area contributed by atoms with Gasteiger partial charge in [-0.15, -0.1) is 0 Å². The lowest BCUT2D eigenvalue weighted by molar-refractivity contribution is 0.0455. The van der Waals surface area contributed by atoms with Crippen LogP contribution < -0.4 is 4.90 Å². The Kier molecular flexibility index (Phi) is 4.95. The fraction of sp³-hybridized carbons (Fsp3) is 0.500. The highest BCUT2D eigenvalue weighted by atomic mass is 19.1. The first-order valence-corrected chi connectivity index (χ1v) is 9.61. The van der Waals surface area contributed by atoms with E-state index in [0.29, 0.717) is 25.1 Å². The Morgan fingerprint density at radius 3 is 2.68 bits per heavy atom. The van der Waals surface area contributed by atoms with Crippen LogP contribution in [0, 0.1) is 24.0 Å². The third-order valence-electron chi connectivity index (χ3n) is 5.69. The number of amides is 1. The van der Waals surface area contributed by atoms with Gasteiger partial charge in [0.2, 0.25) is 5.95 Å². The Balaban J connectivity index is 1.53. The molecule has 148 valence electrons. The summed E-state index contributed by atoms with van der Waals surface area (Å²) in [7, 11) is 0. The maximum atomic E-state index is 14.0. The van der Waals surface area contributed by atoms with Crippen LogP contribution in [0.25, 0.3) is 0 Å². The molecular weight excluding hydrogens is 364 g/mol. The lowest BCUT2D eigenvalue weighted by Crippen LogP contribution is -2.54. The van der Waals surface area contributed by atoms with Gasteiger partial charge in [0.25, 0.3) is 5.91 Å². The molecular formula is C20H23F2N5O. The van der Waals surface area contributed by atoms with E-state index in [0.717, 1.165) is 50.7 Å². The van der Waals surface area contributed by atoms with Gasteiger partial charge in [-0.05, 0) is 38.7 Å². The van der Waals surface area contributed by atoms with Crippen LogP contribution in [0.15, 0.2) is 24.5 Å². The zero-order valence-electron chi connectivity index (χ0n) is 15.9. The summed E-state index contributed by atoms with van der Waals surface area (Å²) in [5, 5.41) is 0. The summed E-state index contributed by atoms with van der Waals surface area (Å²) < 4.78 is 27.2. The largest absolute Gasteiger partial charge is 0.340 e. The summed E-state index contributed by atoms with van der Waals surface area (Å²) >= 11 is 0. The quantitative estimate of drug-likeness (QED) is 0.793. The first-order chi connectivity index (χ1) is 13.5. The van der Waals surface area contributed by atoms with Crippen LogP contribution in [0.4, 0.5) is 14.7 Å². The van der Waals surface area contributed by atoms with E-state index in [2.05, 4.69) is 19.9 Å². The van der Waals surface area contributed by atoms with Crippen LogP contribution in [-0.4, -0.2) is 51.9 Å². The molecule has 1 spiro atoms. The van der Waals surface area contributed by atoms with Gasteiger partial charge in [-0.3, -0.25) is 4.79 Å². The smallest absolute Gasteiger partial charge is 0.275 e. The first kappa shape index (κ1) is 18.7. The fourth-order valence-corrected chi connectivity index (χ4v) is 4.40. The van der Waals surface area contributed by atoms with Crippen molar-refractivity contribution >= 4 is 11.9 Å². The number of halogens is 2. The predicted molar refractivity (Wildman–Crippen MR) is 99.9 cm³/mol. The van der Waals surface area contributed by atoms with Crippen LogP contribution in [-0.2, 0) is 0 Å². The van der Waals surface area contributed by atoms with Gasteiger partial charge in [0.15, 0.2) is 11.5 Å². The third kappa shape index (κ3) is 3.68. The van der Waals surface area contributed by atoms with E-state index in [1.807, 2.05) is 13.0 Å². The monoisotopic (exact) mass is 387 g/mol. The molecule has 0 saturated carbocycles. The molecule has 0 N–H and O–H groups in total. The number of hydrogen-bond donors (Lipinski definition) is 0. The summed E-state index contributed by atoms with van der Waals surface area (Å²) in [5.74, 6) is -1.46. The molecule has 6 nitrogen and oxygen atoms in total. The Hall–Kier alpha value is -2.64. The summed E-state index contributed by atoms with van der Waals surface area (Å²) in [4.78, 5) is 29.3. The minimum Gasteiger partial charge on any atom is -0.340 e. The minimum absolute atomic E-state index is 0.0736. The molecule has 8 heteroatoms. The topological polar surface area (TPSA) is 62.2 Å². The number of piperidine rings is 2. The number of aromatic nitrogens is 3. The normalized spacial score (nSPS) is 22.5. The second kappa shape index (κ2) is 7.41. The highest BCUT2D eigenvalue weighted by Crippen LogP contribution is 2.39. The van der Waals surface area contributed by atoms with Crippen molar-refractivity contribution in [2.24, 2.45) is 5.41 Å². The average Bonchev–Trinajstić information content (AvgIpc) is 2.68. The molecule has 2 aliphatic heterocycles. The van der Waals surface area contributed by atoms with E-state index in [1.165, 1.54) is 0 Å². The second-order valence-corrected chi connectivity index (χ2v) is 7.84. The Morgan fingerprint density at radius 1 is 1.14 bits per heavy atom. The molecule has 2 saturated heterocycles. The van der Waals surface area contributed by atoms with Crippen LogP contribution in [0.5, 0.6) is 0 Å². The zero-order chi connectivity index (χ0) is 19.7. The van der Waals surface area contributed by atoms with E-state index in [9.17, 15) is 13.6 Å². The van der Waals surface area contributed by atoms with E-state index in [4.69, 9.17) is 0 Å². The molecule has 0 aliphatic carbocycles. The predicted octanol–water partition coefficient (Wildman–Crippen LogP) is 2.98. The lowest BCUT2D eigenvalue weighted by atomic mass is 9.73. The van der Waals surface area contributed by atoms with Crippen LogP contribution in [0.2, 0.25) is 0 Å². The molecule has 2 aliphatic rings. The third-order valence-corrected chi connectivity index (χ3v) is 5.69. The first-order valence-electron chi connectivity index (χ1n) is 9.61. The molecule has 0 bridgehead atoms. The van der Waals surface area contributed by atoms with Gasteiger partial charge in [-0.25, -0.2) is 23.7 Å². The second-order valence-electron chi connectivity index (χ2n) is 7.84. The number of anilines is 1. The number of aryl methyl sites for hydroxylation is 1. The number of carbonyl (C=O) groups is 1. The van der Waals surface area contributed by atoms with Crippen molar-refractivity contribution in [3.63, 3.8) is 0 Å². The van der Waals surface area contributed by atoms with Gasteiger partial charge in [-0.1, -0.05) is 0 Å². The minimum atomic E-state index is -0.914. The highest BCUT2D eigenvalue weighted by Gasteiger charge is 2.41. The summed E-state index contributed by atoms with van der Waals surface area (Å²) in [5.41, 5.74) is 0.534. The van der Waals surface area contributed by atoms with Crippen molar-refractivity contribution in [3.8, 4) is 0 Å². The Morgan fingerprint density at radius 2 is 1.93 bits per heavy atom. The number of carbonyl (C=O) groups excluding carboxylic acids is 1. The van der Waals surface area contributed by atoms with Gasteiger partial charge in [0.1, 0.15) is 5.82 Å². The molecule has 4 heterocycles. The standard InChI is InChI=1S/C20H23F2N5O/c1-14-4-7-23-19(25-14)27-9-3-6-20(13-27)5-2-8-26(12-20)18(28)17-16(22)10-15(21)11-24-17/h4,7,10-11H,2-3,5-6,8-9,12-13H2,1H3. The van der Waals surface area contributed by atoms with Crippen LogP contribution >= 0.6 is 0 Å². The van der Waals surface area contributed by atoms with Gasteiger partial charge in [0.05, 0.1) is 6.20 Å². The summed E-state index contributed by atoms with van der Waals surface area (Å²) in [6.07, 6.45) is 6.47. The van der Waals surface area contributed by atoms with Gasteiger partial charge >= 0.3 is 0 Å². The molecule has 2 fully saturated rings. The molecule has 28 heavy (non-hydrogen) atoms. The zero-order valence-corrected chi connectivity index (χ0v) is 15.9.